The number of aryl methyl sites for hydroxylation is 2. The van der Waals surface area contributed by atoms with Gasteiger partial charge in [0.2, 0.25) is 0 Å². The number of pyridine rings is 1. The van der Waals surface area contributed by atoms with Gasteiger partial charge in [-0.2, -0.15) is 5.10 Å². The smallest absolute Gasteiger partial charge is 0.142 e. The molecule has 0 saturated carbocycles. The number of halogens is 2. The molecule has 1 saturated heterocycles. The number of nitrogens with zero attached hydrogens (tertiary/aromatic N) is 7. The van der Waals surface area contributed by atoms with Crippen LogP contribution in [0.15, 0.2) is 55.2 Å². The number of hydrogen-bond donors (Lipinski definition) is 1. The lowest BCUT2D eigenvalue weighted by Gasteiger charge is -2.34. The molecule has 40 heavy (non-hydrogen) atoms. The maximum Gasteiger partial charge on any atom is 0.142 e. The van der Waals surface area contributed by atoms with E-state index in [-0.39, 0.29) is 5.02 Å². The van der Waals surface area contributed by atoms with Gasteiger partial charge in [0.05, 0.1) is 22.6 Å². The molecule has 0 radical (unpaired) electrons. The normalized spacial score (nSPS) is 15.8. The molecular weight excluding hydrogens is 547 g/mol. The molecule has 2 aliphatic rings. The average molecular weight is 575 g/mol. The van der Waals surface area contributed by atoms with Crippen molar-refractivity contribution >= 4 is 44.7 Å². The highest BCUT2D eigenvalue weighted by Gasteiger charge is 2.27. The second-order valence-electron chi connectivity index (χ2n) is 10.3. The Labute approximate surface area is 240 Å². The van der Waals surface area contributed by atoms with E-state index < -0.39 is 5.82 Å². The quantitative estimate of drug-likeness (QED) is 0.279. The molecule has 0 unspecified atom stereocenters. The second-order valence-corrected chi connectivity index (χ2v) is 11.7. The number of anilines is 2. The van der Waals surface area contributed by atoms with Gasteiger partial charge >= 0.3 is 0 Å². The first-order chi connectivity index (χ1) is 19.6. The number of hydrogen-bond acceptors (Lipinski definition) is 8. The van der Waals surface area contributed by atoms with E-state index in [9.17, 15) is 4.39 Å². The molecule has 0 atom stereocenters. The highest BCUT2D eigenvalue weighted by molar-refractivity contribution is 7.22. The Morgan fingerprint density at radius 1 is 0.975 bits per heavy atom. The van der Waals surface area contributed by atoms with Crippen molar-refractivity contribution in [2.24, 2.45) is 0 Å². The summed E-state index contributed by atoms with van der Waals surface area (Å²) in [5.74, 6) is 0.268. The Bertz CT molecular complexity index is 1660. The van der Waals surface area contributed by atoms with E-state index in [1.54, 1.807) is 29.8 Å². The van der Waals surface area contributed by atoms with Crippen LogP contribution in [0.3, 0.4) is 0 Å². The van der Waals surface area contributed by atoms with Gasteiger partial charge in [0.15, 0.2) is 0 Å². The second kappa shape index (κ2) is 10.9. The third kappa shape index (κ3) is 5.08. The first-order valence-electron chi connectivity index (χ1n) is 13.5. The van der Waals surface area contributed by atoms with Crippen molar-refractivity contribution in [2.75, 3.05) is 38.0 Å². The average Bonchev–Trinajstić information content (AvgIpc) is 3.57. The summed E-state index contributed by atoms with van der Waals surface area (Å²) in [6.07, 6.45) is 9.26. The number of nitrogens with one attached hydrogen (secondary N) is 1. The van der Waals surface area contributed by atoms with Crippen molar-refractivity contribution in [3.05, 3.63) is 82.9 Å². The number of thiophene rings is 1. The van der Waals surface area contributed by atoms with Crippen LogP contribution in [0.25, 0.3) is 20.7 Å². The Morgan fingerprint density at radius 2 is 1.80 bits per heavy atom. The van der Waals surface area contributed by atoms with Gasteiger partial charge in [-0.15, -0.1) is 11.3 Å². The minimum atomic E-state index is -0.444. The molecule has 5 heterocycles. The largest absolute Gasteiger partial charge is 0.340 e. The van der Waals surface area contributed by atoms with E-state index in [0.29, 0.717) is 11.5 Å². The standard InChI is InChI=1S/C29H28ClFN8S/c30-23-15-20(1-3-24(23)31)35-28-26-21-2-4-25-22(27(21)40-29(26)34-18-33-28)17-39(36-25)14-13-37-9-11-38(12-10-37)16-19-5-7-32-8-6-19/h1,3,5-8,15,17-18H,2,4,9-14,16H2,(H,33,34,35). The molecule has 8 nitrogen and oxygen atoms in total. The predicted octanol–water partition coefficient (Wildman–Crippen LogP) is 5.40. The van der Waals surface area contributed by atoms with Gasteiger partial charge in [-0.3, -0.25) is 19.5 Å². The Kier molecular flexibility index (Phi) is 6.92. The zero-order valence-corrected chi connectivity index (χ0v) is 23.4. The predicted molar refractivity (Wildman–Crippen MR) is 157 cm³/mol. The van der Waals surface area contributed by atoms with Gasteiger partial charge in [-0.1, -0.05) is 11.6 Å². The van der Waals surface area contributed by atoms with Crippen LogP contribution in [0.1, 0.15) is 16.8 Å². The zero-order valence-electron chi connectivity index (χ0n) is 21.9. The minimum absolute atomic E-state index is 0.0755. The van der Waals surface area contributed by atoms with Crippen LogP contribution in [0.2, 0.25) is 5.02 Å². The lowest BCUT2D eigenvalue weighted by molar-refractivity contribution is 0.123. The highest BCUT2D eigenvalue weighted by Crippen LogP contribution is 2.45. The Balaban J connectivity index is 1.04. The van der Waals surface area contributed by atoms with Crippen LogP contribution >= 0.6 is 22.9 Å². The van der Waals surface area contributed by atoms with Crippen molar-refractivity contribution < 1.29 is 4.39 Å². The molecule has 1 aliphatic carbocycles. The van der Waals surface area contributed by atoms with E-state index >= 15 is 0 Å². The molecule has 4 aromatic heterocycles. The fourth-order valence-corrected chi connectivity index (χ4v) is 7.01. The number of piperazine rings is 1. The Morgan fingerprint density at radius 3 is 2.62 bits per heavy atom. The number of rotatable bonds is 7. The van der Waals surface area contributed by atoms with E-state index in [2.05, 4.69) is 53.1 Å². The van der Waals surface area contributed by atoms with Crippen molar-refractivity contribution in [2.45, 2.75) is 25.9 Å². The summed E-state index contributed by atoms with van der Waals surface area (Å²) in [6, 6.07) is 8.79. The highest BCUT2D eigenvalue weighted by atomic mass is 35.5. The van der Waals surface area contributed by atoms with Gasteiger partial charge in [0, 0.05) is 74.0 Å². The van der Waals surface area contributed by atoms with Crippen LogP contribution in [0.5, 0.6) is 0 Å². The third-order valence-corrected chi connectivity index (χ3v) is 9.19. The van der Waals surface area contributed by atoms with Gasteiger partial charge in [0.25, 0.3) is 0 Å². The van der Waals surface area contributed by atoms with Gasteiger partial charge < -0.3 is 5.32 Å². The molecule has 1 aromatic carbocycles. The lowest BCUT2D eigenvalue weighted by Crippen LogP contribution is -2.46. The SMILES string of the molecule is Fc1ccc(Nc2ncnc3sc4c(c23)CCc2nn(CCN3CCN(Cc5ccncc5)CC3)cc2-4)cc1Cl. The van der Waals surface area contributed by atoms with Crippen LogP contribution in [-0.4, -0.2) is 67.3 Å². The Hall–Kier alpha value is -3.44. The number of fused-ring (bicyclic) bond motifs is 5. The van der Waals surface area contributed by atoms with E-state index in [1.807, 2.05) is 12.4 Å². The van der Waals surface area contributed by atoms with Crippen LogP contribution in [0, 0.1) is 5.82 Å². The molecule has 5 aromatic rings. The summed E-state index contributed by atoms with van der Waals surface area (Å²) in [6.45, 7) is 7.13. The molecule has 0 spiro atoms. The molecule has 0 bridgehead atoms. The zero-order chi connectivity index (χ0) is 27.1. The van der Waals surface area contributed by atoms with Gasteiger partial charge in [0.1, 0.15) is 22.8 Å². The van der Waals surface area contributed by atoms with E-state index in [0.717, 1.165) is 74.6 Å². The first kappa shape index (κ1) is 25.5. The summed E-state index contributed by atoms with van der Waals surface area (Å²) in [7, 11) is 0. The molecule has 1 fully saturated rings. The first-order valence-corrected chi connectivity index (χ1v) is 14.7. The summed E-state index contributed by atoms with van der Waals surface area (Å²) < 4.78 is 15.8. The molecule has 7 rings (SSSR count). The summed E-state index contributed by atoms with van der Waals surface area (Å²) in [4.78, 5) is 20.4. The van der Waals surface area contributed by atoms with Crippen molar-refractivity contribution in [3.8, 4) is 10.4 Å². The molecule has 1 aliphatic heterocycles. The van der Waals surface area contributed by atoms with E-state index in [1.165, 1.54) is 27.6 Å². The summed E-state index contributed by atoms with van der Waals surface area (Å²) >= 11 is 7.68. The molecule has 11 heteroatoms. The van der Waals surface area contributed by atoms with Crippen molar-refractivity contribution in [1.29, 1.82) is 0 Å². The van der Waals surface area contributed by atoms with E-state index in [4.69, 9.17) is 16.7 Å². The summed E-state index contributed by atoms with van der Waals surface area (Å²) in [5.41, 5.74) is 5.60. The monoisotopic (exact) mass is 574 g/mol. The maximum absolute atomic E-state index is 13.7. The molecule has 1 N–H and O–H groups in total. The van der Waals surface area contributed by atoms with Crippen molar-refractivity contribution in [1.82, 2.24) is 34.5 Å². The summed E-state index contributed by atoms with van der Waals surface area (Å²) in [5, 5.41) is 9.38. The van der Waals surface area contributed by atoms with Gasteiger partial charge in [-0.05, 0) is 54.3 Å². The minimum Gasteiger partial charge on any atom is -0.340 e. The number of aromatic nitrogens is 5. The fraction of sp³-hybridized carbons (Fsp3) is 0.310. The van der Waals surface area contributed by atoms with Crippen LogP contribution in [-0.2, 0) is 25.9 Å². The maximum atomic E-state index is 13.7. The molecular formula is C29H28ClFN8S. The third-order valence-electron chi connectivity index (χ3n) is 7.73. The van der Waals surface area contributed by atoms with Crippen LogP contribution in [0.4, 0.5) is 15.9 Å². The topological polar surface area (TPSA) is 75.0 Å². The van der Waals surface area contributed by atoms with Crippen LogP contribution < -0.4 is 5.32 Å². The van der Waals surface area contributed by atoms with Gasteiger partial charge in [-0.25, -0.2) is 14.4 Å². The molecule has 204 valence electrons. The van der Waals surface area contributed by atoms with Crippen molar-refractivity contribution in [3.63, 3.8) is 0 Å². The molecule has 0 amide bonds. The fourth-order valence-electron chi connectivity index (χ4n) is 5.61. The lowest BCUT2D eigenvalue weighted by atomic mass is 9.95. The number of benzene rings is 1.